The van der Waals surface area contributed by atoms with Crippen LogP contribution in [0.4, 0.5) is 0 Å². The van der Waals surface area contributed by atoms with Crippen LogP contribution >= 0.6 is 0 Å². The lowest BCUT2D eigenvalue weighted by Crippen LogP contribution is -2.63. The quantitative estimate of drug-likeness (QED) is 0.329. The van der Waals surface area contributed by atoms with Gasteiger partial charge in [0.25, 0.3) is 0 Å². The largest absolute Gasteiger partial charge is 0.411 e. The van der Waals surface area contributed by atoms with Gasteiger partial charge < -0.3 is 15.1 Å². The lowest BCUT2D eigenvalue weighted by molar-refractivity contribution is -0.201. The monoisotopic (exact) mass is 473 g/mol. The van der Waals surface area contributed by atoms with Crippen molar-refractivity contribution in [1.82, 2.24) is 0 Å². The van der Waals surface area contributed by atoms with Crippen molar-refractivity contribution in [3.63, 3.8) is 0 Å². The maximum atomic E-state index is 10.6. The lowest BCUT2D eigenvalue weighted by atomic mass is 9.35. The molecule has 34 heavy (non-hydrogen) atoms. The molecule has 5 aliphatic rings. The van der Waals surface area contributed by atoms with Crippen molar-refractivity contribution >= 4 is 5.71 Å². The molecule has 0 unspecified atom stereocenters. The van der Waals surface area contributed by atoms with E-state index in [2.05, 4.69) is 46.7 Å². The van der Waals surface area contributed by atoms with Crippen LogP contribution < -0.4 is 0 Å². The molecule has 0 radical (unpaired) electrons. The van der Waals surface area contributed by atoms with Crippen LogP contribution in [0.1, 0.15) is 120 Å². The molecular formula is C30H51NO3. The van der Waals surface area contributed by atoms with E-state index in [0.29, 0.717) is 34.0 Å². The van der Waals surface area contributed by atoms with Gasteiger partial charge in [0.05, 0.1) is 23.0 Å². The van der Waals surface area contributed by atoms with Crippen molar-refractivity contribution in [1.29, 1.82) is 0 Å². The predicted octanol–water partition coefficient (Wildman–Crippen LogP) is 7.21. The van der Waals surface area contributed by atoms with Crippen LogP contribution in [0.25, 0.3) is 0 Å². The summed E-state index contributed by atoms with van der Waals surface area (Å²) in [6.45, 7) is 18.8. The zero-order valence-corrected chi connectivity index (χ0v) is 23.2. The summed E-state index contributed by atoms with van der Waals surface area (Å²) < 4.78 is 6.73. The van der Waals surface area contributed by atoms with Gasteiger partial charge in [0.15, 0.2) is 0 Å². The van der Waals surface area contributed by atoms with E-state index in [1.165, 1.54) is 44.9 Å². The first-order chi connectivity index (χ1) is 15.6. The minimum Gasteiger partial charge on any atom is -0.411 e. The Morgan fingerprint density at radius 3 is 2.09 bits per heavy atom. The second kappa shape index (κ2) is 7.46. The highest BCUT2D eigenvalue weighted by molar-refractivity contribution is 5.90. The van der Waals surface area contributed by atoms with Crippen molar-refractivity contribution in [2.45, 2.75) is 137 Å². The fourth-order valence-electron chi connectivity index (χ4n) is 11.1. The molecule has 5 rings (SSSR count). The first-order valence-electron chi connectivity index (χ1n) is 14.3. The summed E-state index contributed by atoms with van der Waals surface area (Å²) in [5.74, 6) is 2.65. The zero-order valence-electron chi connectivity index (χ0n) is 23.2. The van der Waals surface area contributed by atoms with E-state index in [4.69, 9.17) is 4.74 Å². The molecule has 0 aromatic carbocycles. The molecule has 4 aliphatic carbocycles. The number of oxime groups is 1. The third-order valence-corrected chi connectivity index (χ3v) is 13.2. The fraction of sp³-hybridized carbons (Fsp3) is 0.967. The average Bonchev–Trinajstić information content (AvgIpc) is 3.30. The Morgan fingerprint density at radius 2 is 1.47 bits per heavy atom. The topological polar surface area (TPSA) is 62.1 Å². The van der Waals surface area contributed by atoms with Gasteiger partial charge >= 0.3 is 0 Å². The van der Waals surface area contributed by atoms with Gasteiger partial charge in [-0.1, -0.05) is 39.8 Å². The molecule has 4 saturated carbocycles. The zero-order chi connectivity index (χ0) is 24.9. The van der Waals surface area contributed by atoms with Crippen LogP contribution in [0, 0.1) is 45.3 Å². The average molecular weight is 474 g/mol. The summed E-state index contributed by atoms with van der Waals surface area (Å²) in [5.41, 5.74) is 1.16. The Labute approximate surface area is 208 Å². The normalized spacial score (nSPS) is 53.9. The van der Waals surface area contributed by atoms with Gasteiger partial charge in [-0.25, -0.2) is 0 Å². The van der Waals surface area contributed by atoms with Gasteiger partial charge in [-0.3, -0.25) is 0 Å². The molecular weight excluding hydrogens is 422 g/mol. The van der Waals surface area contributed by atoms with Crippen LogP contribution in [-0.4, -0.2) is 33.3 Å². The second-order valence-electron chi connectivity index (χ2n) is 15.2. The third kappa shape index (κ3) is 3.12. The Morgan fingerprint density at radius 1 is 0.794 bits per heavy atom. The van der Waals surface area contributed by atoms with Gasteiger partial charge in [0, 0.05) is 5.41 Å². The number of aliphatic hydroxyl groups is 1. The highest BCUT2D eigenvalue weighted by Gasteiger charge is 2.69. The first-order valence-corrected chi connectivity index (χ1v) is 14.3. The number of fused-ring (bicyclic) bond motifs is 5. The van der Waals surface area contributed by atoms with E-state index in [9.17, 15) is 10.3 Å². The molecule has 4 nitrogen and oxygen atoms in total. The molecule has 0 bridgehead atoms. The van der Waals surface area contributed by atoms with E-state index in [1.807, 2.05) is 13.8 Å². The van der Waals surface area contributed by atoms with E-state index in [0.717, 1.165) is 30.9 Å². The molecule has 0 amide bonds. The molecule has 1 saturated heterocycles. The molecule has 9 atom stereocenters. The van der Waals surface area contributed by atoms with Crippen LogP contribution in [0.2, 0.25) is 0 Å². The molecule has 194 valence electrons. The summed E-state index contributed by atoms with van der Waals surface area (Å²) in [6, 6.07) is 0. The molecule has 4 heteroatoms. The molecule has 0 spiro atoms. The van der Waals surface area contributed by atoms with Gasteiger partial charge in [-0.05, 0) is 125 Å². The second-order valence-corrected chi connectivity index (χ2v) is 15.2. The molecule has 2 N–H and O–H groups in total. The van der Waals surface area contributed by atoms with E-state index < -0.39 is 5.60 Å². The molecule has 1 aliphatic heterocycles. The Bertz CT molecular complexity index is 860. The van der Waals surface area contributed by atoms with E-state index in [1.54, 1.807) is 0 Å². The summed E-state index contributed by atoms with van der Waals surface area (Å²) >= 11 is 0. The van der Waals surface area contributed by atoms with Gasteiger partial charge in [-0.15, -0.1) is 0 Å². The fourth-order valence-corrected chi connectivity index (χ4v) is 11.1. The predicted molar refractivity (Wildman–Crippen MR) is 137 cm³/mol. The highest BCUT2D eigenvalue weighted by atomic mass is 16.5. The molecule has 1 heterocycles. The summed E-state index contributed by atoms with van der Waals surface area (Å²) in [7, 11) is 0. The highest BCUT2D eigenvalue weighted by Crippen LogP contribution is 2.76. The smallest absolute Gasteiger partial charge is 0.0865 e. The van der Waals surface area contributed by atoms with Gasteiger partial charge in [0.1, 0.15) is 0 Å². The minimum atomic E-state index is -0.763. The van der Waals surface area contributed by atoms with Crippen LogP contribution in [0.5, 0.6) is 0 Å². The molecule has 5 fully saturated rings. The van der Waals surface area contributed by atoms with Crippen molar-refractivity contribution in [3.8, 4) is 0 Å². The van der Waals surface area contributed by atoms with Crippen LogP contribution in [0.3, 0.4) is 0 Å². The maximum Gasteiger partial charge on any atom is 0.0865 e. The van der Waals surface area contributed by atoms with Crippen molar-refractivity contribution in [2.24, 2.45) is 50.5 Å². The summed E-state index contributed by atoms with van der Waals surface area (Å²) in [6.07, 6.45) is 11.9. The number of rotatable bonds is 2. The minimum absolute atomic E-state index is 0.0175. The van der Waals surface area contributed by atoms with Gasteiger partial charge in [-0.2, -0.15) is 0 Å². The number of hydrogen-bond acceptors (Lipinski definition) is 4. The number of ether oxygens (including phenoxy) is 1. The number of hydrogen-bond donors (Lipinski definition) is 2. The van der Waals surface area contributed by atoms with Crippen molar-refractivity contribution in [3.05, 3.63) is 0 Å². The Hall–Kier alpha value is -0.610. The van der Waals surface area contributed by atoms with E-state index >= 15 is 0 Å². The van der Waals surface area contributed by atoms with Crippen LogP contribution in [0.15, 0.2) is 5.16 Å². The standard InChI is InChI=1S/C30H51NO3/c1-25(2)21-12-17-29(7)22(27(21,5)15-13-23(25)31-33)10-9-19-20(11-16-28(19,29)6)30(8)18-14-24(34-30)26(3,4)32/h19-22,24,32-33H,9-18H2,1-8H3/b31-23+/t19-,20+,21+,22-,24+,27+,28-,29-,30+/m1/s1. The Balaban J connectivity index is 1.44. The van der Waals surface area contributed by atoms with Gasteiger partial charge in [0.2, 0.25) is 0 Å². The first kappa shape index (κ1) is 25.1. The third-order valence-electron chi connectivity index (χ3n) is 13.2. The lowest BCUT2D eigenvalue weighted by Gasteiger charge is -2.69. The Kier molecular flexibility index (Phi) is 5.50. The molecule has 0 aromatic heterocycles. The molecule has 0 aromatic rings. The number of nitrogens with zero attached hydrogens (tertiary/aromatic N) is 1. The van der Waals surface area contributed by atoms with Crippen molar-refractivity contribution < 1.29 is 15.1 Å². The summed E-state index contributed by atoms with van der Waals surface area (Å²) in [5, 5.41) is 24.2. The van der Waals surface area contributed by atoms with Crippen molar-refractivity contribution in [2.75, 3.05) is 0 Å². The SMILES string of the molecule is CC(C)(O)[C@@H]1CC[C@@](C)([C@H]2CC[C@]3(C)[C@@H]2CC[C@@H]2[C@@]4(C)CC/C(=N\O)C(C)(C)[C@@H]4CC[C@]23C)O1. The summed E-state index contributed by atoms with van der Waals surface area (Å²) in [4.78, 5) is 0. The van der Waals surface area contributed by atoms with E-state index in [-0.39, 0.29) is 17.1 Å². The van der Waals surface area contributed by atoms with Crippen LogP contribution in [-0.2, 0) is 4.74 Å². The maximum absolute atomic E-state index is 10.6.